The van der Waals surface area contributed by atoms with E-state index in [1.54, 1.807) is 0 Å². The first-order valence-corrected chi connectivity index (χ1v) is 5.85. The van der Waals surface area contributed by atoms with E-state index in [2.05, 4.69) is 15.0 Å². The zero-order valence-corrected chi connectivity index (χ0v) is 10.1. The molecule has 1 aliphatic heterocycles. The number of alkyl halides is 1. The molecular formula is C10H12FN5O4. The van der Waals surface area contributed by atoms with Crippen molar-refractivity contribution in [3.8, 4) is 0 Å². The molecular weight excluding hydrogens is 273 g/mol. The number of hydrogen-bond donors (Lipinski definition) is 4. The van der Waals surface area contributed by atoms with Gasteiger partial charge in [0, 0.05) is 6.42 Å². The van der Waals surface area contributed by atoms with Crippen molar-refractivity contribution in [1.82, 2.24) is 19.5 Å². The third kappa shape index (κ3) is 1.94. The molecule has 5 N–H and O–H groups in total. The van der Waals surface area contributed by atoms with Gasteiger partial charge in [0.05, 0.1) is 12.4 Å². The van der Waals surface area contributed by atoms with Gasteiger partial charge in [0.1, 0.15) is 12.3 Å². The summed E-state index contributed by atoms with van der Waals surface area (Å²) in [6.45, 7) is 0. The molecule has 108 valence electrons. The van der Waals surface area contributed by atoms with Gasteiger partial charge in [0.15, 0.2) is 11.2 Å². The van der Waals surface area contributed by atoms with Gasteiger partial charge in [0.25, 0.3) is 5.56 Å². The van der Waals surface area contributed by atoms with E-state index < -0.39 is 30.4 Å². The van der Waals surface area contributed by atoms with E-state index in [0.29, 0.717) is 0 Å². The Morgan fingerprint density at radius 2 is 2.40 bits per heavy atom. The number of nitrogen functional groups attached to an aromatic ring is 1. The maximum atomic E-state index is 12.9. The monoisotopic (exact) mass is 285 g/mol. The average molecular weight is 285 g/mol. The standard InChI is InChI=1S/C10H12FN5O4/c11-7(18)6-3(17)1-4(20-6)16-2-13-5-8(16)14-10(12)15-9(5)19/h2-4,6-7,17-18H,1H2,(H3,12,14,15,19)/t3-,4+,6-,7?/m0/s1. The second kappa shape index (κ2) is 4.51. The minimum atomic E-state index is -2.30. The van der Waals surface area contributed by atoms with E-state index in [1.807, 2.05) is 0 Å². The molecule has 4 atom stereocenters. The predicted molar refractivity (Wildman–Crippen MR) is 64.2 cm³/mol. The highest BCUT2D eigenvalue weighted by atomic mass is 19.1. The number of hydrogen-bond acceptors (Lipinski definition) is 7. The van der Waals surface area contributed by atoms with Crippen LogP contribution < -0.4 is 11.3 Å². The van der Waals surface area contributed by atoms with Crippen LogP contribution in [-0.4, -0.2) is 48.3 Å². The second-order valence-corrected chi connectivity index (χ2v) is 4.51. The summed E-state index contributed by atoms with van der Waals surface area (Å²) in [6.07, 6.45) is -4.29. The molecule has 0 aromatic carbocycles. The van der Waals surface area contributed by atoms with Crippen molar-refractivity contribution < 1.29 is 19.3 Å². The highest BCUT2D eigenvalue weighted by Gasteiger charge is 2.40. The summed E-state index contributed by atoms with van der Waals surface area (Å²) in [4.78, 5) is 21.7. The third-order valence-corrected chi connectivity index (χ3v) is 3.17. The van der Waals surface area contributed by atoms with Gasteiger partial charge < -0.3 is 20.7 Å². The summed E-state index contributed by atoms with van der Waals surface area (Å²) in [5.41, 5.74) is 5.17. The van der Waals surface area contributed by atoms with Crippen LogP contribution in [0, 0.1) is 0 Å². The average Bonchev–Trinajstić information content (AvgIpc) is 2.92. The summed E-state index contributed by atoms with van der Waals surface area (Å²) >= 11 is 0. The van der Waals surface area contributed by atoms with Crippen LogP contribution in [0.5, 0.6) is 0 Å². The number of aliphatic hydroxyl groups excluding tert-OH is 2. The van der Waals surface area contributed by atoms with Gasteiger partial charge in [-0.3, -0.25) is 14.3 Å². The maximum Gasteiger partial charge on any atom is 0.280 e. The minimum Gasteiger partial charge on any atom is -0.390 e. The van der Waals surface area contributed by atoms with Crippen molar-refractivity contribution in [2.75, 3.05) is 5.73 Å². The van der Waals surface area contributed by atoms with Crippen molar-refractivity contribution in [3.63, 3.8) is 0 Å². The lowest BCUT2D eigenvalue weighted by Crippen LogP contribution is -2.31. The van der Waals surface area contributed by atoms with Crippen LogP contribution in [0.4, 0.5) is 10.3 Å². The number of nitrogens with one attached hydrogen (secondary N) is 1. The Balaban J connectivity index is 2.02. The molecule has 3 rings (SSSR count). The molecule has 0 bridgehead atoms. The quantitative estimate of drug-likeness (QED) is 0.534. The third-order valence-electron chi connectivity index (χ3n) is 3.17. The molecule has 3 heterocycles. The number of rotatable bonds is 2. The topological polar surface area (TPSA) is 139 Å². The molecule has 0 radical (unpaired) electrons. The first-order chi connectivity index (χ1) is 9.47. The smallest absolute Gasteiger partial charge is 0.280 e. The van der Waals surface area contributed by atoms with Gasteiger partial charge in [-0.2, -0.15) is 4.98 Å². The Morgan fingerprint density at radius 3 is 3.05 bits per heavy atom. The SMILES string of the molecule is Nc1nc2c(ncn2[C@H]2C[C@H](O)[C@@H](C(O)F)O2)c(=O)[nH]1. The van der Waals surface area contributed by atoms with E-state index >= 15 is 0 Å². The lowest BCUT2D eigenvalue weighted by atomic mass is 10.2. The van der Waals surface area contributed by atoms with Crippen LogP contribution in [0.2, 0.25) is 0 Å². The van der Waals surface area contributed by atoms with Crippen LogP contribution in [-0.2, 0) is 4.74 Å². The number of ether oxygens (including phenoxy) is 1. The lowest BCUT2D eigenvalue weighted by Gasteiger charge is -2.15. The number of aromatic amines is 1. The summed E-state index contributed by atoms with van der Waals surface area (Å²) < 4.78 is 19.5. The fraction of sp³-hybridized carbons (Fsp3) is 0.500. The van der Waals surface area contributed by atoms with Crippen LogP contribution >= 0.6 is 0 Å². The first kappa shape index (κ1) is 13.0. The molecule has 10 heteroatoms. The van der Waals surface area contributed by atoms with E-state index in [9.17, 15) is 14.3 Å². The molecule has 1 fully saturated rings. The van der Waals surface area contributed by atoms with E-state index in [-0.39, 0.29) is 23.5 Å². The number of anilines is 1. The van der Waals surface area contributed by atoms with Gasteiger partial charge in [0.2, 0.25) is 12.3 Å². The number of halogens is 1. The number of nitrogens with zero attached hydrogens (tertiary/aromatic N) is 3. The van der Waals surface area contributed by atoms with Crippen LogP contribution in [0.1, 0.15) is 12.6 Å². The van der Waals surface area contributed by atoms with Crippen LogP contribution in [0.15, 0.2) is 11.1 Å². The predicted octanol–water partition coefficient (Wildman–Crippen LogP) is -1.36. The minimum absolute atomic E-state index is 0.0332. The molecule has 1 aliphatic rings. The van der Waals surface area contributed by atoms with E-state index in [0.717, 1.165) is 0 Å². The Labute approximate surface area is 110 Å². The molecule has 20 heavy (non-hydrogen) atoms. The van der Waals surface area contributed by atoms with Crippen molar-refractivity contribution in [2.45, 2.75) is 31.2 Å². The largest absolute Gasteiger partial charge is 0.390 e. The van der Waals surface area contributed by atoms with Gasteiger partial charge in [-0.25, -0.2) is 9.37 Å². The Kier molecular flexibility index (Phi) is 2.92. The number of nitrogens with two attached hydrogens (primary N) is 1. The zero-order chi connectivity index (χ0) is 14.4. The number of aromatic nitrogens is 4. The summed E-state index contributed by atoms with van der Waals surface area (Å²) in [5, 5.41) is 18.5. The number of imidazole rings is 1. The van der Waals surface area contributed by atoms with E-state index in [4.69, 9.17) is 15.6 Å². The molecule has 9 nitrogen and oxygen atoms in total. The summed E-state index contributed by atoms with van der Waals surface area (Å²) in [6, 6.07) is 0. The van der Waals surface area contributed by atoms with Crippen LogP contribution in [0.3, 0.4) is 0 Å². The van der Waals surface area contributed by atoms with Gasteiger partial charge in [-0.05, 0) is 0 Å². The molecule has 1 unspecified atom stereocenters. The molecule has 0 amide bonds. The molecule has 0 spiro atoms. The van der Waals surface area contributed by atoms with E-state index in [1.165, 1.54) is 10.9 Å². The number of aliphatic hydroxyl groups is 2. The van der Waals surface area contributed by atoms with Gasteiger partial charge >= 0.3 is 0 Å². The Bertz CT molecular complexity index is 699. The van der Waals surface area contributed by atoms with Crippen molar-refractivity contribution in [1.29, 1.82) is 0 Å². The number of H-pyrrole nitrogens is 1. The van der Waals surface area contributed by atoms with Crippen molar-refractivity contribution in [3.05, 3.63) is 16.7 Å². The maximum absolute atomic E-state index is 12.9. The molecule has 2 aromatic rings. The molecule has 0 saturated carbocycles. The first-order valence-electron chi connectivity index (χ1n) is 5.85. The second-order valence-electron chi connectivity index (χ2n) is 4.51. The lowest BCUT2D eigenvalue weighted by molar-refractivity contribution is -0.129. The summed E-state index contributed by atoms with van der Waals surface area (Å²) in [5.74, 6) is -0.0927. The van der Waals surface area contributed by atoms with Crippen molar-refractivity contribution >= 4 is 17.1 Å². The summed E-state index contributed by atoms with van der Waals surface area (Å²) in [7, 11) is 0. The molecule has 2 aromatic heterocycles. The van der Waals surface area contributed by atoms with Gasteiger partial charge in [-0.15, -0.1) is 0 Å². The molecule has 0 aliphatic carbocycles. The van der Waals surface area contributed by atoms with Gasteiger partial charge in [-0.1, -0.05) is 0 Å². The highest BCUT2D eigenvalue weighted by molar-refractivity contribution is 5.70. The number of fused-ring (bicyclic) bond motifs is 1. The highest BCUT2D eigenvalue weighted by Crippen LogP contribution is 2.32. The van der Waals surface area contributed by atoms with Crippen molar-refractivity contribution in [2.24, 2.45) is 0 Å². The molecule has 1 saturated heterocycles. The fourth-order valence-corrected chi connectivity index (χ4v) is 2.25. The Hall–Kier alpha value is -2.04. The van der Waals surface area contributed by atoms with Crippen LogP contribution in [0.25, 0.3) is 11.2 Å². The Morgan fingerprint density at radius 1 is 1.65 bits per heavy atom. The zero-order valence-electron chi connectivity index (χ0n) is 10.1. The fourth-order valence-electron chi connectivity index (χ4n) is 2.25. The normalized spacial score (nSPS) is 28.1.